The largest absolute Gasteiger partial charge is 0.494 e. The number of halogens is 2. The molecule has 21 heavy (non-hydrogen) atoms. The van der Waals surface area contributed by atoms with E-state index in [1.54, 1.807) is 11.5 Å². The van der Waals surface area contributed by atoms with Gasteiger partial charge in [-0.25, -0.2) is 9.37 Å². The maximum Gasteiger partial charge on any atom is 0.326 e. The van der Waals surface area contributed by atoms with Crippen LogP contribution in [0.4, 0.5) is 4.39 Å². The Kier molecular flexibility index (Phi) is 5.01. The molecule has 0 N–H and O–H groups in total. The molecule has 0 saturated carbocycles. The zero-order valence-corrected chi connectivity index (χ0v) is 12.6. The highest BCUT2D eigenvalue weighted by atomic mass is 35.5. The molecule has 1 aromatic carbocycles. The minimum absolute atomic E-state index is 0.00531. The normalized spacial score (nSPS) is 10.9. The summed E-state index contributed by atoms with van der Waals surface area (Å²) < 4.78 is 25.3. The summed E-state index contributed by atoms with van der Waals surface area (Å²) in [5.74, 6) is 0.191. The van der Waals surface area contributed by atoms with Gasteiger partial charge in [0.1, 0.15) is 12.4 Å². The van der Waals surface area contributed by atoms with Crippen LogP contribution in [-0.2, 0) is 22.5 Å². The first-order valence-corrected chi connectivity index (χ1v) is 7.08. The van der Waals surface area contributed by atoms with E-state index in [2.05, 4.69) is 4.98 Å². The second-order valence-corrected chi connectivity index (χ2v) is 4.71. The lowest BCUT2D eigenvalue weighted by molar-refractivity contribution is -0.143. The molecule has 1 aromatic heterocycles. The van der Waals surface area contributed by atoms with Crippen molar-refractivity contribution < 1.29 is 18.7 Å². The maximum atomic E-state index is 13.7. The summed E-state index contributed by atoms with van der Waals surface area (Å²) in [5.41, 5.74) is 1.07. The standard InChI is InChI=1S/C14H16ClFN2O3/c1-3-21-14(19)8-18-11-7-12(20-2)9(16)6-10(11)17-13(18)4-5-15/h6-7H,3-5,8H2,1-2H3. The van der Waals surface area contributed by atoms with Crippen LogP contribution in [0.2, 0.25) is 0 Å². The summed E-state index contributed by atoms with van der Waals surface area (Å²) in [4.78, 5) is 16.0. The summed E-state index contributed by atoms with van der Waals surface area (Å²) in [7, 11) is 1.38. The van der Waals surface area contributed by atoms with E-state index in [0.29, 0.717) is 35.8 Å². The average Bonchev–Trinajstić information content (AvgIpc) is 2.75. The SMILES string of the molecule is CCOC(=O)Cn1c(CCCl)nc2cc(F)c(OC)cc21. The monoisotopic (exact) mass is 314 g/mol. The van der Waals surface area contributed by atoms with Crippen LogP contribution in [0, 0.1) is 5.82 Å². The Labute approximate surface area is 126 Å². The Bertz CT molecular complexity index is 657. The van der Waals surface area contributed by atoms with Gasteiger partial charge in [-0.1, -0.05) is 0 Å². The van der Waals surface area contributed by atoms with Crippen LogP contribution in [0.25, 0.3) is 11.0 Å². The van der Waals surface area contributed by atoms with Gasteiger partial charge in [0.2, 0.25) is 0 Å². The van der Waals surface area contributed by atoms with Crippen LogP contribution in [0.1, 0.15) is 12.7 Å². The zero-order valence-electron chi connectivity index (χ0n) is 11.9. The number of methoxy groups -OCH3 is 1. The molecule has 0 unspecified atom stereocenters. The molecule has 0 amide bonds. The number of imidazole rings is 1. The topological polar surface area (TPSA) is 53.4 Å². The van der Waals surface area contributed by atoms with Gasteiger partial charge in [-0.3, -0.25) is 4.79 Å². The van der Waals surface area contributed by atoms with Crippen molar-refractivity contribution in [3.8, 4) is 5.75 Å². The second-order valence-electron chi connectivity index (χ2n) is 4.33. The molecule has 5 nitrogen and oxygen atoms in total. The predicted molar refractivity (Wildman–Crippen MR) is 77.3 cm³/mol. The molecule has 0 spiro atoms. The summed E-state index contributed by atoms with van der Waals surface area (Å²) in [6, 6.07) is 2.81. The minimum atomic E-state index is -0.497. The number of benzene rings is 1. The number of rotatable bonds is 6. The Morgan fingerprint density at radius 1 is 1.48 bits per heavy atom. The fraction of sp³-hybridized carbons (Fsp3) is 0.429. The third kappa shape index (κ3) is 3.26. The third-order valence-corrected chi connectivity index (χ3v) is 3.20. The minimum Gasteiger partial charge on any atom is -0.494 e. The molecule has 0 atom stereocenters. The van der Waals surface area contributed by atoms with Gasteiger partial charge in [-0.15, -0.1) is 11.6 Å². The number of alkyl halides is 1. The number of aryl methyl sites for hydroxylation is 1. The molecule has 7 heteroatoms. The first kappa shape index (κ1) is 15.6. The van der Waals surface area contributed by atoms with Crippen LogP contribution in [0.3, 0.4) is 0 Å². The predicted octanol–water partition coefficient (Wildman–Crippen LogP) is 2.53. The molecular formula is C14H16ClFN2O3. The molecule has 0 fully saturated rings. The summed E-state index contributed by atoms with van der Waals surface area (Å²) in [6.07, 6.45) is 0.472. The van der Waals surface area contributed by atoms with Gasteiger partial charge >= 0.3 is 5.97 Å². The van der Waals surface area contributed by atoms with Crippen molar-refractivity contribution >= 4 is 28.6 Å². The number of hydrogen-bond donors (Lipinski definition) is 0. The number of hydrogen-bond acceptors (Lipinski definition) is 4. The third-order valence-electron chi connectivity index (χ3n) is 3.01. The highest BCUT2D eigenvalue weighted by Crippen LogP contribution is 2.26. The van der Waals surface area contributed by atoms with Crippen molar-refractivity contribution in [2.24, 2.45) is 0 Å². The first-order chi connectivity index (χ1) is 10.1. The molecule has 0 aliphatic rings. The molecule has 0 bridgehead atoms. The molecule has 0 aliphatic heterocycles. The number of carbonyl (C=O) groups excluding carboxylic acids is 1. The van der Waals surface area contributed by atoms with Crippen LogP contribution in [0.15, 0.2) is 12.1 Å². The number of fused-ring (bicyclic) bond motifs is 1. The second kappa shape index (κ2) is 6.76. The number of esters is 1. The van der Waals surface area contributed by atoms with E-state index in [1.807, 2.05) is 0 Å². The summed E-state index contributed by atoms with van der Waals surface area (Å²) >= 11 is 5.75. The van der Waals surface area contributed by atoms with E-state index in [9.17, 15) is 9.18 Å². The van der Waals surface area contributed by atoms with Crippen molar-refractivity contribution in [1.29, 1.82) is 0 Å². The van der Waals surface area contributed by atoms with Gasteiger partial charge < -0.3 is 14.0 Å². The summed E-state index contributed by atoms with van der Waals surface area (Å²) in [5, 5.41) is 0. The van der Waals surface area contributed by atoms with E-state index in [-0.39, 0.29) is 18.3 Å². The van der Waals surface area contributed by atoms with Crippen LogP contribution in [0.5, 0.6) is 5.75 Å². The number of aromatic nitrogens is 2. The van der Waals surface area contributed by atoms with Crippen molar-refractivity contribution in [3.63, 3.8) is 0 Å². The van der Waals surface area contributed by atoms with Gasteiger partial charge in [0.25, 0.3) is 0 Å². The molecule has 1 heterocycles. The lowest BCUT2D eigenvalue weighted by Gasteiger charge is -2.08. The van der Waals surface area contributed by atoms with Crippen molar-refractivity contribution in [3.05, 3.63) is 23.8 Å². The number of ether oxygens (including phenoxy) is 2. The molecule has 0 radical (unpaired) electrons. The van der Waals surface area contributed by atoms with E-state index in [1.165, 1.54) is 19.2 Å². The van der Waals surface area contributed by atoms with Crippen LogP contribution in [-0.4, -0.2) is 35.1 Å². The van der Waals surface area contributed by atoms with Gasteiger partial charge in [0.15, 0.2) is 11.6 Å². The molecule has 0 aliphatic carbocycles. The fourth-order valence-corrected chi connectivity index (χ4v) is 2.29. The number of carbonyl (C=O) groups is 1. The Hall–Kier alpha value is -1.82. The van der Waals surface area contributed by atoms with Gasteiger partial charge in [0.05, 0.1) is 24.8 Å². The van der Waals surface area contributed by atoms with Crippen LogP contribution >= 0.6 is 11.6 Å². The van der Waals surface area contributed by atoms with E-state index in [4.69, 9.17) is 21.1 Å². The van der Waals surface area contributed by atoms with Crippen molar-refractivity contribution in [1.82, 2.24) is 9.55 Å². The lowest BCUT2D eigenvalue weighted by atomic mass is 10.3. The Morgan fingerprint density at radius 3 is 2.86 bits per heavy atom. The van der Waals surface area contributed by atoms with E-state index in [0.717, 1.165) is 0 Å². The van der Waals surface area contributed by atoms with Gasteiger partial charge in [-0.05, 0) is 6.92 Å². The molecule has 2 rings (SSSR count). The van der Waals surface area contributed by atoms with E-state index >= 15 is 0 Å². The zero-order chi connectivity index (χ0) is 15.4. The first-order valence-electron chi connectivity index (χ1n) is 6.55. The molecular weight excluding hydrogens is 299 g/mol. The average molecular weight is 315 g/mol. The van der Waals surface area contributed by atoms with Gasteiger partial charge in [0, 0.05) is 24.4 Å². The van der Waals surface area contributed by atoms with Gasteiger partial charge in [-0.2, -0.15) is 0 Å². The lowest BCUT2D eigenvalue weighted by Crippen LogP contribution is -2.15. The number of nitrogens with zero attached hydrogens (tertiary/aromatic N) is 2. The smallest absolute Gasteiger partial charge is 0.326 e. The highest BCUT2D eigenvalue weighted by molar-refractivity contribution is 6.17. The Balaban J connectivity index is 2.52. The Morgan fingerprint density at radius 2 is 2.24 bits per heavy atom. The molecule has 114 valence electrons. The van der Waals surface area contributed by atoms with Crippen LogP contribution < -0.4 is 4.74 Å². The highest BCUT2D eigenvalue weighted by Gasteiger charge is 2.17. The quantitative estimate of drug-likeness (QED) is 0.607. The van der Waals surface area contributed by atoms with E-state index < -0.39 is 5.82 Å². The fourth-order valence-electron chi connectivity index (χ4n) is 2.12. The molecule has 2 aromatic rings. The molecule has 0 saturated heterocycles. The summed E-state index contributed by atoms with van der Waals surface area (Å²) in [6.45, 7) is 2.04. The van der Waals surface area contributed by atoms with Crippen molar-refractivity contribution in [2.75, 3.05) is 19.6 Å². The van der Waals surface area contributed by atoms with Crippen molar-refractivity contribution in [2.45, 2.75) is 19.9 Å². The maximum absolute atomic E-state index is 13.7.